The molecule has 0 fully saturated rings. The Morgan fingerprint density at radius 1 is 0.889 bits per heavy atom. The predicted molar refractivity (Wildman–Crippen MR) is 103 cm³/mol. The van der Waals surface area contributed by atoms with Crippen LogP contribution in [0.1, 0.15) is 16.7 Å². The van der Waals surface area contributed by atoms with E-state index in [4.69, 9.17) is 0 Å². The van der Waals surface area contributed by atoms with Crippen LogP contribution in [0.3, 0.4) is 0 Å². The van der Waals surface area contributed by atoms with Gasteiger partial charge in [0.25, 0.3) is 0 Å². The molecule has 2 aromatic carbocycles. The number of carbonyl (C=O) groups is 2. The van der Waals surface area contributed by atoms with Crippen LogP contribution in [0.5, 0.6) is 0 Å². The van der Waals surface area contributed by atoms with Gasteiger partial charge in [-0.1, -0.05) is 17.7 Å². The number of sulfone groups is 1. The Bertz CT molecular complexity index is 947. The largest absolute Gasteiger partial charge is 0.325 e. The number of hydrogen-bond acceptors (Lipinski definition) is 4. The first-order chi connectivity index (χ1) is 12.6. The Balaban J connectivity index is 1.98. The summed E-state index contributed by atoms with van der Waals surface area (Å²) in [4.78, 5) is 24.0. The van der Waals surface area contributed by atoms with Crippen molar-refractivity contribution < 1.29 is 22.4 Å². The van der Waals surface area contributed by atoms with Crippen molar-refractivity contribution in [2.75, 3.05) is 22.1 Å². The Labute approximate surface area is 157 Å². The fraction of sp³-hybridized carbons (Fsp3) is 0.263. The van der Waals surface area contributed by atoms with Crippen LogP contribution in [-0.4, -0.2) is 31.7 Å². The highest BCUT2D eigenvalue weighted by atomic mass is 32.2. The van der Waals surface area contributed by atoms with E-state index in [1.54, 1.807) is 0 Å². The van der Waals surface area contributed by atoms with Crippen molar-refractivity contribution in [1.29, 1.82) is 0 Å². The van der Waals surface area contributed by atoms with Crippen molar-refractivity contribution in [3.8, 4) is 0 Å². The molecule has 8 heteroatoms. The second kappa shape index (κ2) is 8.30. The van der Waals surface area contributed by atoms with Crippen molar-refractivity contribution in [2.24, 2.45) is 0 Å². The van der Waals surface area contributed by atoms with Crippen molar-refractivity contribution in [3.05, 3.63) is 58.9 Å². The number of nitrogens with one attached hydrogen (secondary N) is 2. The molecule has 6 nitrogen and oxygen atoms in total. The molecule has 0 aromatic heterocycles. The molecule has 27 heavy (non-hydrogen) atoms. The third kappa shape index (κ3) is 6.18. The minimum absolute atomic E-state index is 0.270. The zero-order valence-electron chi connectivity index (χ0n) is 15.3. The van der Waals surface area contributed by atoms with E-state index < -0.39 is 39.0 Å². The van der Waals surface area contributed by atoms with Crippen LogP contribution in [-0.2, 0) is 19.4 Å². The standard InChI is InChI=1S/C19H21FN2O4S/c1-12-8-13(2)19(14(3)9-12)22-18(24)11-27(25,26)10-17(23)21-16-6-4-15(20)5-7-16/h4-9H,10-11H2,1-3H3,(H,21,23)(H,22,24). The lowest BCUT2D eigenvalue weighted by molar-refractivity contribution is -0.114. The Morgan fingerprint density at radius 2 is 1.37 bits per heavy atom. The van der Waals surface area contributed by atoms with Gasteiger partial charge in [-0.05, 0) is 56.2 Å². The summed E-state index contributed by atoms with van der Waals surface area (Å²) in [5, 5.41) is 4.96. The molecular formula is C19H21FN2O4S. The maximum Gasteiger partial charge on any atom is 0.239 e. The molecule has 144 valence electrons. The van der Waals surface area contributed by atoms with Gasteiger partial charge in [0, 0.05) is 11.4 Å². The second-order valence-electron chi connectivity index (χ2n) is 6.41. The molecule has 2 aromatic rings. The van der Waals surface area contributed by atoms with E-state index in [2.05, 4.69) is 10.6 Å². The number of anilines is 2. The van der Waals surface area contributed by atoms with Crippen LogP contribution in [0.15, 0.2) is 36.4 Å². The third-order valence-corrected chi connectivity index (χ3v) is 5.18. The van der Waals surface area contributed by atoms with E-state index in [0.717, 1.165) is 28.8 Å². The summed E-state index contributed by atoms with van der Waals surface area (Å²) in [6.45, 7) is 5.57. The maximum absolute atomic E-state index is 12.8. The molecule has 0 radical (unpaired) electrons. The number of halogens is 1. The van der Waals surface area contributed by atoms with Gasteiger partial charge in [-0.2, -0.15) is 0 Å². The highest BCUT2D eigenvalue weighted by Gasteiger charge is 2.22. The molecule has 0 heterocycles. The van der Waals surface area contributed by atoms with Crippen LogP contribution < -0.4 is 10.6 Å². The average molecular weight is 392 g/mol. The average Bonchev–Trinajstić information content (AvgIpc) is 2.52. The molecule has 0 saturated heterocycles. The van der Waals surface area contributed by atoms with Crippen molar-refractivity contribution in [2.45, 2.75) is 20.8 Å². The van der Waals surface area contributed by atoms with Crippen LogP contribution in [0.4, 0.5) is 15.8 Å². The van der Waals surface area contributed by atoms with Crippen molar-refractivity contribution in [3.63, 3.8) is 0 Å². The number of aryl methyl sites for hydroxylation is 3. The minimum atomic E-state index is -3.96. The van der Waals surface area contributed by atoms with Crippen LogP contribution >= 0.6 is 0 Å². The summed E-state index contributed by atoms with van der Waals surface area (Å²) < 4.78 is 37.1. The van der Waals surface area contributed by atoms with Gasteiger partial charge in [0.1, 0.15) is 17.3 Å². The first-order valence-corrected chi connectivity index (χ1v) is 10.0. The van der Waals surface area contributed by atoms with Gasteiger partial charge in [-0.15, -0.1) is 0 Å². The van der Waals surface area contributed by atoms with Gasteiger partial charge in [0.2, 0.25) is 11.8 Å². The van der Waals surface area contributed by atoms with Crippen LogP contribution in [0, 0.1) is 26.6 Å². The summed E-state index contributed by atoms with van der Waals surface area (Å²) in [6, 6.07) is 8.68. The first kappa shape index (κ1) is 20.6. The third-order valence-electron chi connectivity index (χ3n) is 3.77. The van der Waals surface area contributed by atoms with Gasteiger partial charge >= 0.3 is 0 Å². The number of hydrogen-bond donors (Lipinski definition) is 2. The number of carbonyl (C=O) groups excluding carboxylic acids is 2. The molecule has 0 saturated carbocycles. The first-order valence-electron chi connectivity index (χ1n) is 8.19. The van der Waals surface area contributed by atoms with Crippen molar-refractivity contribution >= 4 is 33.0 Å². The van der Waals surface area contributed by atoms with E-state index in [0.29, 0.717) is 5.69 Å². The van der Waals surface area contributed by atoms with E-state index in [1.165, 1.54) is 12.1 Å². The zero-order valence-corrected chi connectivity index (χ0v) is 16.1. The molecular weight excluding hydrogens is 371 g/mol. The van der Waals surface area contributed by atoms with Gasteiger partial charge in [-0.25, -0.2) is 12.8 Å². The molecule has 2 rings (SSSR count). The van der Waals surface area contributed by atoms with Crippen LogP contribution in [0.2, 0.25) is 0 Å². The van der Waals surface area contributed by atoms with Gasteiger partial charge in [0.15, 0.2) is 9.84 Å². The topological polar surface area (TPSA) is 92.3 Å². The van der Waals surface area contributed by atoms with Gasteiger partial charge in [0.05, 0.1) is 0 Å². The summed E-state index contributed by atoms with van der Waals surface area (Å²) in [5.74, 6) is -3.63. The highest BCUT2D eigenvalue weighted by molar-refractivity contribution is 7.92. The predicted octanol–water partition coefficient (Wildman–Crippen LogP) is 2.74. The SMILES string of the molecule is Cc1cc(C)c(NC(=O)CS(=O)(=O)CC(=O)Nc2ccc(F)cc2)c(C)c1. The van der Waals surface area contributed by atoms with E-state index in [1.807, 2.05) is 32.9 Å². The Kier molecular flexibility index (Phi) is 6.32. The summed E-state index contributed by atoms with van der Waals surface area (Å²) in [6.07, 6.45) is 0. The maximum atomic E-state index is 12.8. The Hall–Kier alpha value is -2.74. The van der Waals surface area contributed by atoms with Gasteiger partial charge < -0.3 is 10.6 Å². The molecule has 0 atom stereocenters. The monoisotopic (exact) mass is 392 g/mol. The lowest BCUT2D eigenvalue weighted by Gasteiger charge is -2.13. The minimum Gasteiger partial charge on any atom is -0.325 e. The van der Waals surface area contributed by atoms with E-state index in [9.17, 15) is 22.4 Å². The normalized spacial score (nSPS) is 11.1. The lowest BCUT2D eigenvalue weighted by atomic mass is 10.1. The summed E-state index contributed by atoms with van der Waals surface area (Å²) in [7, 11) is -3.96. The number of benzene rings is 2. The molecule has 0 bridgehead atoms. The quantitative estimate of drug-likeness (QED) is 0.791. The fourth-order valence-electron chi connectivity index (χ4n) is 2.73. The molecule has 0 spiro atoms. The zero-order chi connectivity index (χ0) is 20.2. The molecule has 2 amide bonds. The fourth-order valence-corrected chi connectivity index (χ4v) is 3.78. The molecule has 0 aliphatic carbocycles. The number of rotatable bonds is 6. The van der Waals surface area contributed by atoms with Crippen molar-refractivity contribution in [1.82, 2.24) is 0 Å². The molecule has 0 unspecified atom stereocenters. The van der Waals surface area contributed by atoms with Gasteiger partial charge in [-0.3, -0.25) is 9.59 Å². The van der Waals surface area contributed by atoms with Crippen LogP contribution in [0.25, 0.3) is 0 Å². The lowest BCUT2D eigenvalue weighted by Crippen LogP contribution is -2.30. The summed E-state index contributed by atoms with van der Waals surface area (Å²) >= 11 is 0. The highest BCUT2D eigenvalue weighted by Crippen LogP contribution is 2.21. The second-order valence-corrected chi connectivity index (χ2v) is 8.47. The molecule has 0 aliphatic rings. The summed E-state index contributed by atoms with van der Waals surface area (Å²) in [5.41, 5.74) is 3.52. The molecule has 2 N–H and O–H groups in total. The van der Waals surface area contributed by atoms with E-state index in [-0.39, 0.29) is 5.69 Å². The van der Waals surface area contributed by atoms with E-state index >= 15 is 0 Å². The Morgan fingerprint density at radius 3 is 1.89 bits per heavy atom. The number of amides is 2. The molecule has 0 aliphatic heterocycles. The smallest absolute Gasteiger partial charge is 0.239 e.